The maximum Gasteiger partial charge on any atom is 0.297 e. The Hall–Kier alpha value is -3.45. The van der Waals surface area contributed by atoms with Crippen molar-refractivity contribution in [2.75, 3.05) is 38.6 Å². The lowest BCUT2D eigenvalue weighted by Gasteiger charge is -2.22. The summed E-state index contributed by atoms with van der Waals surface area (Å²) in [5.74, 6) is -0.199. The summed E-state index contributed by atoms with van der Waals surface area (Å²) in [6.07, 6.45) is 1.74. The highest BCUT2D eigenvalue weighted by Gasteiger charge is 2.32. The van der Waals surface area contributed by atoms with Crippen molar-refractivity contribution in [2.45, 2.75) is 13.8 Å². The van der Waals surface area contributed by atoms with Crippen LogP contribution in [0.5, 0.6) is 0 Å². The van der Waals surface area contributed by atoms with E-state index in [1.54, 1.807) is 6.08 Å². The molecule has 0 radical (unpaired) electrons. The predicted octanol–water partition coefficient (Wildman–Crippen LogP) is 2.76. The predicted molar refractivity (Wildman–Crippen MR) is 125 cm³/mol. The highest BCUT2D eigenvalue weighted by atomic mass is 16.2. The minimum absolute atomic E-state index is 0.212. The van der Waals surface area contributed by atoms with Gasteiger partial charge >= 0.3 is 0 Å². The largest absolute Gasteiger partial charge is 0.378 e. The number of likely N-dealkylation sites (N-methyl/N-ethyl adjacent to an activating group) is 1. The second-order valence-electron chi connectivity index (χ2n) is 7.45. The second kappa shape index (κ2) is 10.0. The topological polar surface area (TPSA) is 68.2 Å². The fourth-order valence-electron chi connectivity index (χ4n) is 3.24. The molecule has 0 aromatic heterocycles. The molecule has 0 unspecified atom stereocenters. The van der Waals surface area contributed by atoms with Gasteiger partial charge in [-0.05, 0) is 36.9 Å². The summed E-state index contributed by atoms with van der Waals surface area (Å²) in [6.45, 7) is 5.72. The first-order valence-corrected chi connectivity index (χ1v) is 10.4. The fourth-order valence-corrected chi connectivity index (χ4v) is 3.24. The van der Waals surface area contributed by atoms with Crippen LogP contribution in [0.25, 0.3) is 6.08 Å². The monoisotopic (exact) mass is 419 g/mol. The molecule has 2 amide bonds. The minimum Gasteiger partial charge on any atom is -0.378 e. The molecule has 1 heterocycles. The Morgan fingerprint density at radius 3 is 2.26 bits per heavy atom. The van der Waals surface area contributed by atoms with Crippen molar-refractivity contribution in [1.82, 2.24) is 15.3 Å². The number of hydrogen-bond acceptors (Lipinski definition) is 5. The molecule has 0 atom stereocenters. The first-order chi connectivity index (χ1) is 14.9. The molecule has 0 bridgehead atoms. The average molecular weight is 420 g/mol. The van der Waals surface area contributed by atoms with Gasteiger partial charge in [0.25, 0.3) is 11.8 Å². The lowest BCUT2D eigenvalue weighted by molar-refractivity contribution is -0.133. The van der Waals surface area contributed by atoms with Gasteiger partial charge in [0.2, 0.25) is 0 Å². The molecule has 0 saturated heterocycles. The van der Waals surface area contributed by atoms with Crippen molar-refractivity contribution in [3.8, 4) is 0 Å². The first kappa shape index (κ1) is 22.2. The molecule has 2 aromatic rings. The Balaban J connectivity index is 1.89. The van der Waals surface area contributed by atoms with E-state index in [-0.39, 0.29) is 24.1 Å². The molecule has 7 nitrogen and oxygen atoms in total. The van der Waals surface area contributed by atoms with E-state index in [1.807, 2.05) is 92.3 Å². The van der Waals surface area contributed by atoms with Crippen molar-refractivity contribution in [2.24, 2.45) is 4.99 Å². The van der Waals surface area contributed by atoms with Gasteiger partial charge in [0, 0.05) is 25.3 Å². The summed E-state index contributed by atoms with van der Waals surface area (Å²) in [6, 6.07) is 17.2. The SMILES string of the molecule is CCN(CC)CC(=O)NN1C(=O)/C(=C\c2ccc(N(C)C)cc2)N=C1c1ccccc1. The van der Waals surface area contributed by atoms with Crippen LogP contribution in [0, 0.1) is 0 Å². The number of hydrazine groups is 1. The van der Waals surface area contributed by atoms with Crippen molar-refractivity contribution >= 4 is 29.4 Å². The molecular formula is C24H29N5O2. The number of aliphatic imine (C=N–C) groups is 1. The van der Waals surface area contributed by atoms with Crippen molar-refractivity contribution in [1.29, 1.82) is 0 Å². The quantitative estimate of drug-likeness (QED) is 0.668. The molecule has 0 aliphatic carbocycles. The number of carbonyl (C=O) groups excluding carboxylic acids is 2. The Kier molecular flexibility index (Phi) is 7.20. The number of amidine groups is 1. The van der Waals surface area contributed by atoms with Gasteiger partial charge in [0.1, 0.15) is 5.70 Å². The molecule has 1 aliphatic heterocycles. The number of anilines is 1. The lowest BCUT2D eigenvalue weighted by atomic mass is 10.1. The molecule has 0 saturated carbocycles. The summed E-state index contributed by atoms with van der Waals surface area (Å²) in [4.78, 5) is 34.3. The third-order valence-electron chi connectivity index (χ3n) is 5.10. The van der Waals surface area contributed by atoms with E-state index in [9.17, 15) is 9.59 Å². The standard InChI is InChI=1S/C24H29N5O2/c1-5-28(6-2)17-22(30)26-29-23(19-10-8-7-9-11-19)25-21(24(29)31)16-18-12-14-20(15-13-18)27(3)4/h7-16H,5-6,17H2,1-4H3,(H,26,30)/b21-16+. The highest BCUT2D eigenvalue weighted by molar-refractivity contribution is 6.20. The highest BCUT2D eigenvalue weighted by Crippen LogP contribution is 2.22. The lowest BCUT2D eigenvalue weighted by Crippen LogP contribution is -2.50. The first-order valence-electron chi connectivity index (χ1n) is 10.4. The van der Waals surface area contributed by atoms with Gasteiger partial charge in [-0.25, -0.2) is 4.99 Å². The van der Waals surface area contributed by atoms with E-state index in [2.05, 4.69) is 10.4 Å². The maximum absolute atomic E-state index is 13.1. The maximum atomic E-state index is 13.1. The van der Waals surface area contributed by atoms with Crippen molar-refractivity contribution < 1.29 is 9.59 Å². The summed E-state index contributed by atoms with van der Waals surface area (Å²) in [7, 11) is 3.95. The van der Waals surface area contributed by atoms with Crippen molar-refractivity contribution in [3.63, 3.8) is 0 Å². The number of rotatable bonds is 8. The van der Waals surface area contributed by atoms with E-state index in [1.165, 1.54) is 5.01 Å². The minimum atomic E-state index is -0.358. The van der Waals surface area contributed by atoms with Crippen LogP contribution in [-0.4, -0.2) is 61.3 Å². The van der Waals surface area contributed by atoms with Gasteiger partial charge in [0.15, 0.2) is 5.84 Å². The number of amides is 2. The average Bonchev–Trinajstić information content (AvgIpc) is 3.08. The summed E-state index contributed by atoms with van der Waals surface area (Å²) in [5.41, 5.74) is 5.70. The van der Waals surface area contributed by atoms with Crippen LogP contribution in [0.2, 0.25) is 0 Å². The van der Waals surface area contributed by atoms with Gasteiger partial charge in [-0.15, -0.1) is 0 Å². The zero-order valence-corrected chi connectivity index (χ0v) is 18.5. The van der Waals surface area contributed by atoms with Crippen molar-refractivity contribution in [3.05, 3.63) is 71.4 Å². The Morgan fingerprint density at radius 2 is 1.68 bits per heavy atom. The Labute approximate surface area is 183 Å². The van der Waals surface area contributed by atoms with Crippen LogP contribution in [0.1, 0.15) is 25.0 Å². The van der Waals surface area contributed by atoms with Crippen LogP contribution in [0.15, 0.2) is 65.3 Å². The summed E-state index contributed by atoms with van der Waals surface area (Å²) in [5, 5.41) is 1.25. The molecule has 162 valence electrons. The van der Waals surface area contributed by atoms with Gasteiger partial charge in [-0.1, -0.05) is 56.3 Å². The second-order valence-corrected chi connectivity index (χ2v) is 7.45. The smallest absolute Gasteiger partial charge is 0.297 e. The number of carbonyl (C=O) groups is 2. The third kappa shape index (κ3) is 5.38. The molecule has 31 heavy (non-hydrogen) atoms. The molecule has 3 rings (SSSR count). The van der Waals surface area contributed by atoms with E-state index < -0.39 is 0 Å². The van der Waals surface area contributed by atoms with E-state index in [0.29, 0.717) is 5.84 Å². The molecule has 1 aliphatic rings. The van der Waals surface area contributed by atoms with Crippen LogP contribution in [0.4, 0.5) is 5.69 Å². The zero-order valence-electron chi connectivity index (χ0n) is 18.5. The summed E-state index contributed by atoms with van der Waals surface area (Å²) < 4.78 is 0. The van der Waals surface area contributed by atoms with Gasteiger partial charge in [0.05, 0.1) is 6.54 Å². The van der Waals surface area contributed by atoms with Crippen LogP contribution < -0.4 is 10.3 Å². The number of nitrogens with one attached hydrogen (secondary N) is 1. The molecule has 0 fully saturated rings. The summed E-state index contributed by atoms with van der Waals surface area (Å²) >= 11 is 0. The molecule has 0 spiro atoms. The fraction of sp³-hybridized carbons (Fsp3) is 0.292. The van der Waals surface area contributed by atoms with E-state index in [4.69, 9.17) is 0 Å². The number of benzene rings is 2. The van der Waals surface area contributed by atoms with Gasteiger partial charge in [-0.2, -0.15) is 5.01 Å². The van der Waals surface area contributed by atoms with E-state index >= 15 is 0 Å². The number of nitrogens with zero attached hydrogens (tertiary/aromatic N) is 4. The normalized spacial score (nSPS) is 14.9. The van der Waals surface area contributed by atoms with Crippen LogP contribution in [0.3, 0.4) is 0 Å². The number of hydrogen-bond donors (Lipinski definition) is 1. The Morgan fingerprint density at radius 1 is 1.03 bits per heavy atom. The molecular weight excluding hydrogens is 390 g/mol. The third-order valence-corrected chi connectivity index (χ3v) is 5.10. The van der Waals surface area contributed by atoms with Crippen LogP contribution in [-0.2, 0) is 9.59 Å². The molecule has 1 N–H and O–H groups in total. The van der Waals surface area contributed by atoms with Gasteiger partial charge in [-0.3, -0.25) is 19.9 Å². The van der Waals surface area contributed by atoms with Gasteiger partial charge < -0.3 is 4.90 Å². The Bertz CT molecular complexity index is 977. The zero-order chi connectivity index (χ0) is 22.4. The molecule has 2 aromatic carbocycles. The van der Waals surface area contributed by atoms with E-state index in [0.717, 1.165) is 29.9 Å². The van der Waals surface area contributed by atoms with Crippen LogP contribution >= 0.6 is 0 Å². The molecule has 7 heteroatoms.